The Morgan fingerprint density at radius 1 is 0.452 bits per heavy atom. The molecule has 4 aliphatic carbocycles. The Bertz CT molecular complexity index is 3140. The second-order valence-electron chi connectivity index (χ2n) is 28.2. The van der Waals surface area contributed by atoms with Gasteiger partial charge in [-0.3, -0.25) is 0 Å². The standard InChI is InChI=1S/C69H83BrN2S/c1-43-27-55(71(62-42-73-63-26-21-50(36-58(62)63)65(5,6)7)54-22-17-48(18-23-54)69-39-44-29-45(40-69)31-46(30-44)41-69)38-56(28-43)72(61-25-20-51(37-59(61)70)66(8,9)10)60-24-19-49(64(2,3)4)35-57(60)47-32-52(67(11,12)13)34-53(33-47)68(14,15)16/h17-28,32-38,42,44-46H,29-31,39-41H2,1-16H3. The lowest BCUT2D eigenvalue weighted by Crippen LogP contribution is -2.48. The molecule has 1 heterocycles. The molecule has 4 fully saturated rings. The van der Waals surface area contributed by atoms with Gasteiger partial charge < -0.3 is 9.80 Å². The molecule has 0 spiro atoms. The number of thiophene rings is 1. The van der Waals surface area contributed by atoms with Crippen LogP contribution in [0.4, 0.5) is 34.1 Å². The van der Waals surface area contributed by atoms with Gasteiger partial charge >= 0.3 is 0 Å². The van der Waals surface area contributed by atoms with Crippen molar-refractivity contribution in [2.75, 3.05) is 9.80 Å². The quantitative estimate of drug-likeness (QED) is 0.150. The number of aryl methyl sites for hydroxylation is 1. The van der Waals surface area contributed by atoms with E-state index in [1.165, 1.54) is 104 Å². The smallest absolute Gasteiger partial charge is 0.0647 e. The van der Waals surface area contributed by atoms with Crippen LogP contribution in [0.2, 0.25) is 0 Å². The second-order valence-corrected chi connectivity index (χ2v) is 30.0. The molecule has 7 aromatic rings. The van der Waals surface area contributed by atoms with E-state index in [-0.39, 0.29) is 27.1 Å². The first-order valence-electron chi connectivity index (χ1n) is 27.5. The summed E-state index contributed by atoms with van der Waals surface area (Å²) in [5, 5.41) is 3.71. The zero-order valence-electron chi connectivity index (χ0n) is 47.2. The molecular formula is C69H83BrN2S. The number of rotatable bonds is 8. The van der Waals surface area contributed by atoms with Crippen molar-refractivity contribution in [3.63, 3.8) is 0 Å². The van der Waals surface area contributed by atoms with Crippen LogP contribution in [0.3, 0.4) is 0 Å². The second kappa shape index (κ2) is 18.3. The lowest BCUT2D eigenvalue weighted by Gasteiger charge is -2.57. The van der Waals surface area contributed by atoms with Gasteiger partial charge in [0.05, 0.1) is 17.1 Å². The van der Waals surface area contributed by atoms with E-state index in [4.69, 9.17) is 0 Å². The molecule has 0 saturated heterocycles. The van der Waals surface area contributed by atoms with Crippen molar-refractivity contribution < 1.29 is 0 Å². The van der Waals surface area contributed by atoms with E-state index in [0.29, 0.717) is 5.41 Å². The van der Waals surface area contributed by atoms with E-state index in [2.05, 4.69) is 257 Å². The van der Waals surface area contributed by atoms with Crippen LogP contribution in [-0.2, 0) is 32.5 Å². The van der Waals surface area contributed by atoms with Crippen molar-refractivity contribution in [1.82, 2.24) is 0 Å². The molecule has 0 amide bonds. The van der Waals surface area contributed by atoms with E-state index in [9.17, 15) is 0 Å². The maximum atomic E-state index is 4.23. The number of anilines is 6. The van der Waals surface area contributed by atoms with Crippen molar-refractivity contribution in [2.45, 2.75) is 182 Å². The van der Waals surface area contributed by atoms with Crippen LogP contribution in [0.15, 0.2) is 125 Å². The number of nitrogens with zero attached hydrogens (tertiary/aromatic N) is 2. The summed E-state index contributed by atoms with van der Waals surface area (Å²) in [6.45, 7) is 37.3. The van der Waals surface area contributed by atoms with E-state index in [1.807, 2.05) is 11.3 Å². The summed E-state index contributed by atoms with van der Waals surface area (Å²) in [7, 11) is 0. The van der Waals surface area contributed by atoms with Crippen molar-refractivity contribution in [3.8, 4) is 11.1 Å². The third-order valence-electron chi connectivity index (χ3n) is 17.1. The predicted molar refractivity (Wildman–Crippen MR) is 322 cm³/mol. The SMILES string of the molecule is Cc1cc(N(c2ccc(C(C)(C)C)cc2Br)c2ccc(C(C)(C)C)cc2-c2cc(C(C)(C)C)cc(C(C)(C)C)c2)cc(N(c2ccc(C34CC5CC(CC(C5)C3)C4)cc2)c2csc3ccc(C(C)(C)C)cc23)c1. The number of fused-ring (bicyclic) bond motifs is 1. The van der Waals surface area contributed by atoms with Crippen molar-refractivity contribution in [2.24, 2.45) is 17.8 Å². The van der Waals surface area contributed by atoms with Gasteiger partial charge in [-0.05, 0) is 223 Å². The molecule has 11 rings (SSSR count). The maximum absolute atomic E-state index is 4.23. The Hall–Kier alpha value is -4.64. The summed E-state index contributed by atoms with van der Waals surface area (Å²) in [5.41, 5.74) is 19.1. The van der Waals surface area contributed by atoms with E-state index in [0.717, 1.165) is 45.0 Å². The van der Waals surface area contributed by atoms with Crippen molar-refractivity contribution in [3.05, 3.63) is 164 Å². The molecule has 0 atom stereocenters. The van der Waals surface area contributed by atoms with Crippen LogP contribution in [-0.4, -0.2) is 0 Å². The molecule has 1 aromatic heterocycles. The molecule has 73 heavy (non-hydrogen) atoms. The van der Waals surface area contributed by atoms with E-state index < -0.39 is 0 Å². The molecule has 6 aromatic carbocycles. The monoisotopic (exact) mass is 1050 g/mol. The fourth-order valence-electron chi connectivity index (χ4n) is 13.2. The highest BCUT2D eigenvalue weighted by atomic mass is 79.9. The zero-order chi connectivity index (χ0) is 52.4. The summed E-state index contributed by atoms with van der Waals surface area (Å²) in [4.78, 5) is 5.13. The Kier molecular flexibility index (Phi) is 13.0. The first-order chi connectivity index (χ1) is 34.0. The third-order valence-corrected chi connectivity index (χ3v) is 18.7. The normalized spacial score (nSPS) is 20.3. The molecule has 0 unspecified atom stereocenters. The fraction of sp³-hybridized carbons (Fsp3) is 0.449. The van der Waals surface area contributed by atoms with Crippen LogP contribution in [0.1, 0.15) is 181 Å². The fourth-order valence-corrected chi connectivity index (χ4v) is 14.6. The number of halogens is 1. The van der Waals surface area contributed by atoms with Crippen LogP contribution in [0, 0.1) is 24.7 Å². The number of benzene rings is 6. The molecule has 4 heteroatoms. The minimum atomic E-state index is -0.0556. The van der Waals surface area contributed by atoms with Gasteiger partial charge in [0.2, 0.25) is 0 Å². The first-order valence-corrected chi connectivity index (χ1v) is 29.2. The van der Waals surface area contributed by atoms with Crippen LogP contribution < -0.4 is 9.80 Å². The highest BCUT2D eigenvalue weighted by Gasteiger charge is 2.51. The molecule has 4 saturated carbocycles. The first kappa shape index (κ1) is 51.8. The Labute approximate surface area is 453 Å². The topological polar surface area (TPSA) is 6.48 Å². The molecule has 4 aliphatic rings. The van der Waals surface area contributed by atoms with Crippen LogP contribution in [0.5, 0.6) is 0 Å². The van der Waals surface area contributed by atoms with Gasteiger partial charge in [0.1, 0.15) is 0 Å². The highest BCUT2D eigenvalue weighted by molar-refractivity contribution is 9.10. The minimum Gasteiger partial charge on any atom is -0.309 e. The minimum absolute atomic E-state index is 0.0133. The summed E-state index contributed by atoms with van der Waals surface area (Å²) in [6.07, 6.45) is 8.48. The van der Waals surface area contributed by atoms with Gasteiger partial charge in [0.25, 0.3) is 0 Å². The van der Waals surface area contributed by atoms with Crippen LogP contribution >= 0.6 is 27.3 Å². The van der Waals surface area contributed by atoms with E-state index >= 15 is 0 Å². The molecule has 0 N–H and O–H groups in total. The summed E-state index contributed by atoms with van der Waals surface area (Å²) >= 11 is 6.09. The molecule has 382 valence electrons. The third kappa shape index (κ3) is 10.2. The Morgan fingerprint density at radius 2 is 0.932 bits per heavy atom. The average molecular weight is 1050 g/mol. The van der Waals surface area contributed by atoms with Gasteiger partial charge in [0, 0.05) is 42.6 Å². The summed E-state index contributed by atoms with van der Waals surface area (Å²) in [6, 6.07) is 46.1. The van der Waals surface area contributed by atoms with Gasteiger partial charge in [-0.15, -0.1) is 11.3 Å². The zero-order valence-corrected chi connectivity index (χ0v) is 49.6. The van der Waals surface area contributed by atoms with Crippen molar-refractivity contribution in [1.29, 1.82) is 0 Å². The van der Waals surface area contributed by atoms with Gasteiger partial charge in [-0.2, -0.15) is 0 Å². The largest absolute Gasteiger partial charge is 0.309 e. The predicted octanol–water partition coefficient (Wildman–Crippen LogP) is 21.5. The van der Waals surface area contributed by atoms with Gasteiger partial charge in [-0.1, -0.05) is 152 Å². The number of hydrogen-bond donors (Lipinski definition) is 0. The summed E-state index contributed by atoms with van der Waals surface area (Å²) < 4.78 is 2.38. The average Bonchev–Trinajstić information content (AvgIpc) is 3.70. The van der Waals surface area contributed by atoms with Gasteiger partial charge in [-0.25, -0.2) is 0 Å². The Balaban J connectivity index is 1.22. The molecule has 4 bridgehead atoms. The lowest BCUT2D eigenvalue weighted by atomic mass is 9.48. The number of hydrogen-bond acceptors (Lipinski definition) is 3. The molecule has 2 nitrogen and oxygen atoms in total. The maximum Gasteiger partial charge on any atom is 0.0647 e. The summed E-state index contributed by atoms with van der Waals surface area (Å²) in [5.74, 6) is 2.72. The highest BCUT2D eigenvalue weighted by Crippen LogP contribution is 2.61. The molecular weight excluding hydrogens is 969 g/mol. The Morgan fingerprint density at radius 3 is 1.45 bits per heavy atom. The van der Waals surface area contributed by atoms with E-state index in [1.54, 1.807) is 5.56 Å². The molecule has 0 aliphatic heterocycles. The molecule has 0 radical (unpaired) electrons. The lowest BCUT2D eigenvalue weighted by molar-refractivity contribution is -0.00518. The van der Waals surface area contributed by atoms with Crippen LogP contribution in [0.25, 0.3) is 21.2 Å². The van der Waals surface area contributed by atoms with Gasteiger partial charge in [0.15, 0.2) is 0 Å². The van der Waals surface area contributed by atoms with Crippen molar-refractivity contribution >= 4 is 71.5 Å².